The standard InChI is InChI=1S/C17H28N2/c1-3-5-14-10-12-19(13-11-14)16-8-6-15(7-9-16)17(18)4-2/h6-9,14,17H,3-5,10-13,18H2,1-2H3/t17-/m1/s1. The van der Waals surface area contributed by atoms with Gasteiger partial charge in [-0.3, -0.25) is 0 Å². The summed E-state index contributed by atoms with van der Waals surface area (Å²) >= 11 is 0. The fraction of sp³-hybridized carbons (Fsp3) is 0.647. The molecule has 1 atom stereocenters. The normalized spacial score (nSPS) is 18.6. The quantitative estimate of drug-likeness (QED) is 0.863. The van der Waals surface area contributed by atoms with Crippen molar-refractivity contribution in [1.82, 2.24) is 0 Å². The van der Waals surface area contributed by atoms with E-state index in [4.69, 9.17) is 5.73 Å². The second-order valence-electron chi connectivity index (χ2n) is 5.83. The molecule has 0 radical (unpaired) electrons. The van der Waals surface area contributed by atoms with E-state index in [9.17, 15) is 0 Å². The van der Waals surface area contributed by atoms with Crippen LogP contribution in [-0.2, 0) is 0 Å². The van der Waals surface area contributed by atoms with Crippen LogP contribution in [0.4, 0.5) is 5.69 Å². The molecule has 1 fully saturated rings. The Hall–Kier alpha value is -1.02. The molecule has 0 unspecified atom stereocenters. The molecule has 0 aromatic heterocycles. The molecular weight excluding hydrogens is 232 g/mol. The molecule has 2 nitrogen and oxygen atoms in total. The van der Waals surface area contributed by atoms with Crippen molar-refractivity contribution in [3.8, 4) is 0 Å². The van der Waals surface area contributed by atoms with Crippen LogP contribution in [0.1, 0.15) is 57.6 Å². The zero-order valence-electron chi connectivity index (χ0n) is 12.4. The van der Waals surface area contributed by atoms with Crippen molar-refractivity contribution in [2.75, 3.05) is 18.0 Å². The summed E-state index contributed by atoms with van der Waals surface area (Å²) in [6, 6.07) is 9.06. The summed E-state index contributed by atoms with van der Waals surface area (Å²) in [6.45, 7) is 6.85. The molecular formula is C17H28N2. The first-order valence-corrected chi connectivity index (χ1v) is 7.85. The Labute approximate surface area is 118 Å². The van der Waals surface area contributed by atoms with Crippen molar-refractivity contribution in [2.24, 2.45) is 11.7 Å². The van der Waals surface area contributed by atoms with E-state index in [0.29, 0.717) is 0 Å². The molecule has 2 heteroatoms. The molecule has 1 aliphatic heterocycles. The van der Waals surface area contributed by atoms with Gasteiger partial charge in [-0.25, -0.2) is 0 Å². The van der Waals surface area contributed by atoms with Gasteiger partial charge in [0, 0.05) is 24.8 Å². The van der Waals surface area contributed by atoms with E-state index < -0.39 is 0 Å². The number of anilines is 1. The lowest BCUT2D eigenvalue weighted by molar-refractivity contribution is 0.378. The van der Waals surface area contributed by atoms with Crippen LogP contribution in [0.15, 0.2) is 24.3 Å². The van der Waals surface area contributed by atoms with Crippen LogP contribution in [0.2, 0.25) is 0 Å². The first kappa shape index (κ1) is 14.4. The molecule has 1 aliphatic rings. The SMILES string of the molecule is CCCC1CCN(c2ccc([C@H](N)CC)cc2)CC1. The maximum atomic E-state index is 6.06. The average molecular weight is 260 g/mol. The predicted molar refractivity (Wildman–Crippen MR) is 83.5 cm³/mol. The van der Waals surface area contributed by atoms with Gasteiger partial charge in [0.15, 0.2) is 0 Å². The second kappa shape index (κ2) is 6.95. The molecule has 1 heterocycles. The van der Waals surface area contributed by atoms with Crippen molar-refractivity contribution in [3.05, 3.63) is 29.8 Å². The van der Waals surface area contributed by atoms with Crippen LogP contribution in [0.5, 0.6) is 0 Å². The van der Waals surface area contributed by atoms with Gasteiger partial charge in [-0.15, -0.1) is 0 Å². The largest absolute Gasteiger partial charge is 0.372 e. The monoisotopic (exact) mass is 260 g/mol. The summed E-state index contributed by atoms with van der Waals surface area (Å²) in [5, 5.41) is 0. The Kier molecular flexibility index (Phi) is 5.26. The summed E-state index contributed by atoms with van der Waals surface area (Å²) < 4.78 is 0. The van der Waals surface area contributed by atoms with E-state index in [1.807, 2.05) is 0 Å². The highest BCUT2D eigenvalue weighted by Crippen LogP contribution is 2.27. The number of piperidine rings is 1. The van der Waals surface area contributed by atoms with Gasteiger partial charge in [0.05, 0.1) is 0 Å². The fourth-order valence-corrected chi connectivity index (χ4v) is 3.06. The zero-order valence-corrected chi connectivity index (χ0v) is 12.4. The van der Waals surface area contributed by atoms with Gasteiger partial charge in [-0.2, -0.15) is 0 Å². The lowest BCUT2D eigenvalue weighted by atomic mass is 9.92. The fourth-order valence-electron chi connectivity index (χ4n) is 3.06. The van der Waals surface area contributed by atoms with Crippen LogP contribution in [0.3, 0.4) is 0 Å². The third-order valence-electron chi connectivity index (χ3n) is 4.44. The number of nitrogens with two attached hydrogens (primary N) is 1. The van der Waals surface area contributed by atoms with Crippen LogP contribution >= 0.6 is 0 Å². The summed E-state index contributed by atoms with van der Waals surface area (Å²) in [4.78, 5) is 2.52. The maximum absolute atomic E-state index is 6.06. The molecule has 2 N–H and O–H groups in total. The van der Waals surface area contributed by atoms with Gasteiger partial charge >= 0.3 is 0 Å². The average Bonchev–Trinajstić information content (AvgIpc) is 2.48. The summed E-state index contributed by atoms with van der Waals surface area (Å²) in [5.74, 6) is 0.953. The molecule has 1 aromatic rings. The summed E-state index contributed by atoms with van der Waals surface area (Å²) in [6.07, 6.45) is 6.43. The molecule has 0 aliphatic carbocycles. The minimum atomic E-state index is 0.185. The van der Waals surface area contributed by atoms with Gasteiger partial charge in [-0.1, -0.05) is 38.8 Å². The zero-order chi connectivity index (χ0) is 13.7. The third kappa shape index (κ3) is 3.73. The van der Waals surface area contributed by atoms with Gasteiger partial charge in [0.25, 0.3) is 0 Å². The third-order valence-corrected chi connectivity index (χ3v) is 4.44. The molecule has 0 bridgehead atoms. The number of rotatable bonds is 5. The van der Waals surface area contributed by atoms with Crippen LogP contribution < -0.4 is 10.6 Å². The van der Waals surface area contributed by atoms with E-state index in [-0.39, 0.29) is 6.04 Å². The van der Waals surface area contributed by atoms with Gasteiger partial charge < -0.3 is 10.6 Å². The van der Waals surface area contributed by atoms with Gasteiger partial charge in [0.1, 0.15) is 0 Å². The number of hydrogen-bond donors (Lipinski definition) is 1. The van der Waals surface area contributed by atoms with Crippen molar-refractivity contribution in [1.29, 1.82) is 0 Å². The lowest BCUT2D eigenvalue weighted by Gasteiger charge is -2.33. The smallest absolute Gasteiger partial charge is 0.0366 e. The molecule has 1 saturated heterocycles. The highest BCUT2D eigenvalue weighted by molar-refractivity contribution is 5.48. The van der Waals surface area contributed by atoms with Crippen LogP contribution in [0, 0.1) is 5.92 Å². The van der Waals surface area contributed by atoms with E-state index in [2.05, 4.69) is 43.0 Å². The molecule has 1 aromatic carbocycles. The Morgan fingerprint density at radius 1 is 1.16 bits per heavy atom. The number of nitrogens with zero attached hydrogens (tertiary/aromatic N) is 1. The second-order valence-corrected chi connectivity index (χ2v) is 5.83. The van der Waals surface area contributed by atoms with Crippen molar-refractivity contribution < 1.29 is 0 Å². The van der Waals surface area contributed by atoms with Crippen molar-refractivity contribution in [3.63, 3.8) is 0 Å². The van der Waals surface area contributed by atoms with E-state index in [1.54, 1.807) is 0 Å². The summed E-state index contributed by atoms with van der Waals surface area (Å²) in [5.41, 5.74) is 8.68. The first-order chi connectivity index (χ1) is 9.24. The molecule has 0 saturated carbocycles. The Morgan fingerprint density at radius 3 is 2.32 bits per heavy atom. The van der Waals surface area contributed by atoms with Gasteiger partial charge in [0.2, 0.25) is 0 Å². The Bertz CT molecular complexity index is 363. The maximum Gasteiger partial charge on any atom is 0.0366 e. The highest BCUT2D eigenvalue weighted by atomic mass is 15.1. The molecule has 0 spiro atoms. The molecule has 19 heavy (non-hydrogen) atoms. The van der Waals surface area contributed by atoms with Gasteiger partial charge in [-0.05, 0) is 42.9 Å². The number of hydrogen-bond acceptors (Lipinski definition) is 2. The molecule has 106 valence electrons. The molecule has 0 amide bonds. The lowest BCUT2D eigenvalue weighted by Crippen LogP contribution is -2.33. The summed E-state index contributed by atoms with van der Waals surface area (Å²) in [7, 11) is 0. The van der Waals surface area contributed by atoms with Crippen LogP contribution in [0.25, 0.3) is 0 Å². The van der Waals surface area contributed by atoms with E-state index in [0.717, 1.165) is 12.3 Å². The topological polar surface area (TPSA) is 29.3 Å². The Morgan fingerprint density at radius 2 is 1.79 bits per heavy atom. The van der Waals surface area contributed by atoms with Crippen molar-refractivity contribution >= 4 is 5.69 Å². The van der Waals surface area contributed by atoms with E-state index >= 15 is 0 Å². The Balaban J connectivity index is 1.92. The minimum absolute atomic E-state index is 0.185. The highest BCUT2D eigenvalue weighted by Gasteiger charge is 2.18. The molecule has 2 rings (SSSR count). The minimum Gasteiger partial charge on any atom is -0.372 e. The predicted octanol–water partition coefficient (Wildman–Crippen LogP) is 4.11. The van der Waals surface area contributed by atoms with E-state index in [1.165, 1.54) is 50.0 Å². The first-order valence-electron chi connectivity index (χ1n) is 7.85. The van der Waals surface area contributed by atoms with Crippen LogP contribution in [-0.4, -0.2) is 13.1 Å². The number of benzene rings is 1. The van der Waals surface area contributed by atoms with Crippen molar-refractivity contribution in [2.45, 2.75) is 52.0 Å².